The average Bonchev–Trinajstić information content (AvgIpc) is 2.18. The third-order valence-corrected chi connectivity index (χ3v) is 2.30. The minimum absolute atomic E-state index is 0.124. The molecule has 0 aromatic heterocycles. The molecule has 1 atom stereocenters. The van der Waals surface area contributed by atoms with Crippen LogP contribution in [0.2, 0.25) is 0 Å². The summed E-state index contributed by atoms with van der Waals surface area (Å²) >= 11 is 1.83. The van der Waals surface area contributed by atoms with Crippen molar-refractivity contribution < 1.29 is 3.07 Å². The van der Waals surface area contributed by atoms with E-state index in [9.17, 15) is 0 Å². The molecule has 0 fully saturated rings. The summed E-state index contributed by atoms with van der Waals surface area (Å²) in [4.78, 5) is 0. The molecule has 2 nitrogen and oxygen atoms in total. The number of rotatable bonds is 4. The molecule has 70 valence electrons. The first-order valence-corrected chi connectivity index (χ1v) is 4.91. The Balaban J connectivity index is 2.55. The van der Waals surface area contributed by atoms with Crippen molar-refractivity contribution in [1.29, 1.82) is 0 Å². The number of benzene rings is 1. The van der Waals surface area contributed by atoms with Crippen molar-refractivity contribution in [2.45, 2.75) is 13.0 Å². The van der Waals surface area contributed by atoms with Crippen molar-refractivity contribution in [3.05, 3.63) is 42.7 Å². The van der Waals surface area contributed by atoms with E-state index in [0.29, 0.717) is 0 Å². The minimum Gasteiger partial charge on any atom is -0.431 e. The molecule has 1 unspecified atom stereocenters. The van der Waals surface area contributed by atoms with Gasteiger partial charge in [-0.1, -0.05) is 24.8 Å². The lowest BCUT2D eigenvalue weighted by Crippen LogP contribution is -2.17. The lowest BCUT2D eigenvalue weighted by molar-refractivity contribution is 0.518. The van der Waals surface area contributed by atoms with Crippen LogP contribution >= 0.6 is 23.0 Å². The summed E-state index contributed by atoms with van der Waals surface area (Å²) in [6.07, 6.45) is 0. The number of hydrogen-bond donors (Lipinski definition) is 1. The van der Waals surface area contributed by atoms with Crippen molar-refractivity contribution in [2.75, 3.05) is 5.32 Å². The van der Waals surface area contributed by atoms with E-state index in [1.54, 1.807) is 0 Å². The molecular weight excluding hydrogens is 277 g/mol. The van der Waals surface area contributed by atoms with Crippen LogP contribution in [0.25, 0.3) is 0 Å². The van der Waals surface area contributed by atoms with E-state index in [1.807, 2.05) is 60.3 Å². The highest BCUT2D eigenvalue weighted by atomic mass is 127. The first-order chi connectivity index (χ1) is 6.24. The van der Waals surface area contributed by atoms with Crippen molar-refractivity contribution in [2.24, 2.45) is 0 Å². The maximum atomic E-state index is 5.00. The highest BCUT2D eigenvalue weighted by molar-refractivity contribution is 14.1. The fourth-order valence-corrected chi connectivity index (χ4v) is 1.31. The van der Waals surface area contributed by atoms with E-state index in [0.717, 1.165) is 11.4 Å². The summed E-state index contributed by atoms with van der Waals surface area (Å²) in [7, 11) is 0. The van der Waals surface area contributed by atoms with Crippen LogP contribution < -0.4 is 5.32 Å². The molecular formula is C10H12INO. The van der Waals surface area contributed by atoms with Gasteiger partial charge >= 0.3 is 0 Å². The molecule has 0 aliphatic carbocycles. The average molecular weight is 289 g/mol. The number of anilines is 1. The normalized spacial score (nSPS) is 11.8. The van der Waals surface area contributed by atoms with Crippen LogP contribution in [-0.4, -0.2) is 6.04 Å². The molecule has 0 amide bonds. The number of nitrogens with one attached hydrogen (secondary N) is 1. The number of hydrogen-bond acceptors (Lipinski definition) is 2. The Morgan fingerprint density at radius 2 is 2.08 bits per heavy atom. The molecule has 0 aliphatic rings. The van der Waals surface area contributed by atoms with E-state index >= 15 is 0 Å². The van der Waals surface area contributed by atoms with Crippen LogP contribution in [0.15, 0.2) is 42.7 Å². The zero-order valence-electron chi connectivity index (χ0n) is 7.46. The Labute approximate surface area is 92.7 Å². The summed E-state index contributed by atoms with van der Waals surface area (Å²) in [6.45, 7) is 5.78. The van der Waals surface area contributed by atoms with E-state index in [2.05, 4.69) is 11.9 Å². The van der Waals surface area contributed by atoms with Gasteiger partial charge in [-0.05, 0) is 19.1 Å². The van der Waals surface area contributed by atoms with Gasteiger partial charge in [0.05, 0.1) is 6.04 Å². The van der Waals surface area contributed by atoms with E-state index < -0.39 is 0 Å². The monoisotopic (exact) mass is 289 g/mol. The van der Waals surface area contributed by atoms with E-state index in [1.165, 1.54) is 0 Å². The fraction of sp³-hybridized carbons (Fsp3) is 0.200. The van der Waals surface area contributed by atoms with Gasteiger partial charge in [-0.3, -0.25) is 0 Å². The predicted octanol–water partition coefficient (Wildman–Crippen LogP) is 3.37. The number of halogens is 1. The summed E-state index contributed by atoms with van der Waals surface area (Å²) in [5.74, 6) is 0.726. The van der Waals surface area contributed by atoms with Gasteiger partial charge < -0.3 is 8.38 Å². The molecule has 0 radical (unpaired) electrons. The third kappa shape index (κ3) is 3.26. The predicted molar refractivity (Wildman–Crippen MR) is 63.8 cm³/mol. The van der Waals surface area contributed by atoms with Crippen molar-refractivity contribution in [1.82, 2.24) is 0 Å². The Bertz CT molecular complexity index is 274. The van der Waals surface area contributed by atoms with Gasteiger partial charge in [-0.2, -0.15) is 0 Å². The highest BCUT2D eigenvalue weighted by Crippen LogP contribution is 2.13. The fourth-order valence-electron chi connectivity index (χ4n) is 0.932. The van der Waals surface area contributed by atoms with Gasteiger partial charge in [0.15, 0.2) is 23.0 Å². The molecule has 0 bridgehead atoms. The molecule has 1 aromatic carbocycles. The van der Waals surface area contributed by atoms with Gasteiger partial charge in [-0.25, -0.2) is 0 Å². The molecule has 0 saturated heterocycles. The Hall–Kier alpha value is -0.710. The van der Waals surface area contributed by atoms with Gasteiger partial charge in [0, 0.05) is 5.69 Å². The standard InChI is InChI=1S/C10H12INO/c1-8(9(2)13-11)12-10-6-4-3-5-7-10/h3-8,12H,2H2,1H3. The largest absolute Gasteiger partial charge is 0.431 e. The number of para-hydroxylation sites is 1. The van der Waals surface area contributed by atoms with Crippen molar-refractivity contribution >= 4 is 28.7 Å². The zero-order chi connectivity index (χ0) is 9.68. The van der Waals surface area contributed by atoms with E-state index in [-0.39, 0.29) is 6.04 Å². The lowest BCUT2D eigenvalue weighted by atomic mass is 10.2. The summed E-state index contributed by atoms with van der Waals surface area (Å²) in [6, 6.07) is 10.1. The maximum Gasteiger partial charge on any atom is 0.192 e. The lowest BCUT2D eigenvalue weighted by Gasteiger charge is -2.15. The maximum absolute atomic E-state index is 5.00. The van der Waals surface area contributed by atoms with Crippen LogP contribution in [0.1, 0.15) is 6.92 Å². The molecule has 1 N–H and O–H groups in total. The second kappa shape index (κ2) is 5.11. The molecule has 13 heavy (non-hydrogen) atoms. The van der Waals surface area contributed by atoms with Crippen LogP contribution in [0.3, 0.4) is 0 Å². The Morgan fingerprint density at radius 3 is 2.62 bits per heavy atom. The zero-order valence-corrected chi connectivity index (χ0v) is 9.61. The third-order valence-electron chi connectivity index (χ3n) is 1.74. The smallest absolute Gasteiger partial charge is 0.192 e. The molecule has 1 rings (SSSR count). The van der Waals surface area contributed by atoms with Gasteiger partial charge in [0.1, 0.15) is 5.76 Å². The van der Waals surface area contributed by atoms with Gasteiger partial charge in [0.2, 0.25) is 0 Å². The highest BCUT2D eigenvalue weighted by Gasteiger charge is 2.05. The molecule has 3 heteroatoms. The molecule has 0 saturated carbocycles. The first-order valence-electron chi connectivity index (χ1n) is 4.03. The molecule has 0 spiro atoms. The quantitative estimate of drug-likeness (QED) is 0.678. The minimum atomic E-state index is 0.124. The summed E-state index contributed by atoms with van der Waals surface area (Å²) < 4.78 is 5.00. The van der Waals surface area contributed by atoms with E-state index in [4.69, 9.17) is 3.07 Å². The van der Waals surface area contributed by atoms with Crippen molar-refractivity contribution in [3.63, 3.8) is 0 Å². The van der Waals surface area contributed by atoms with Gasteiger partial charge in [-0.15, -0.1) is 0 Å². The SMILES string of the molecule is C=C(OI)C(C)Nc1ccccc1. The molecule has 1 aromatic rings. The Kier molecular flexibility index (Phi) is 4.08. The topological polar surface area (TPSA) is 21.3 Å². The second-order valence-corrected chi connectivity index (χ2v) is 3.22. The molecule has 0 heterocycles. The van der Waals surface area contributed by atoms with Crippen molar-refractivity contribution in [3.8, 4) is 0 Å². The first kappa shape index (κ1) is 10.4. The van der Waals surface area contributed by atoms with Crippen LogP contribution in [0.5, 0.6) is 0 Å². The van der Waals surface area contributed by atoms with Crippen LogP contribution in [0, 0.1) is 0 Å². The van der Waals surface area contributed by atoms with Gasteiger partial charge in [0.25, 0.3) is 0 Å². The molecule has 0 aliphatic heterocycles. The van der Waals surface area contributed by atoms with Crippen LogP contribution in [-0.2, 0) is 3.07 Å². The summed E-state index contributed by atoms with van der Waals surface area (Å²) in [5.41, 5.74) is 1.07. The van der Waals surface area contributed by atoms with Crippen LogP contribution in [0.4, 0.5) is 5.69 Å². The Morgan fingerprint density at radius 1 is 1.46 bits per heavy atom. The summed E-state index contributed by atoms with van der Waals surface area (Å²) in [5, 5.41) is 3.26. The second-order valence-electron chi connectivity index (χ2n) is 2.78.